The zero-order valence-electron chi connectivity index (χ0n) is 11.0. The summed E-state index contributed by atoms with van der Waals surface area (Å²) in [6.45, 7) is 0.302. The third-order valence-electron chi connectivity index (χ3n) is 2.94. The van der Waals surface area contributed by atoms with E-state index in [-0.39, 0.29) is 6.42 Å². The lowest BCUT2D eigenvalue weighted by molar-refractivity contribution is 0.167. The molecule has 0 saturated carbocycles. The van der Waals surface area contributed by atoms with E-state index in [4.69, 9.17) is 14.7 Å². The quantitative estimate of drug-likeness (QED) is 0.549. The summed E-state index contributed by atoms with van der Waals surface area (Å²) in [4.78, 5) is 28.8. The minimum Gasteiger partial charge on any atom is -0.392 e. The fraction of sp³-hybridized carbons (Fsp3) is 0.455. The van der Waals surface area contributed by atoms with Crippen LogP contribution in [0.1, 0.15) is 6.42 Å². The second-order valence-electron chi connectivity index (χ2n) is 4.49. The summed E-state index contributed by atoms with van der Waals surface area (Å²) < 4.78 is 22.1. The van der Waals surface area contributed by atoms with Crippen molar-refractivity contribution in [3.63, 3.8) is 0 Å². The Morgan fingerprint density at radius 3 is 2.30 bits per heavy atom. The topological polar surface area (TPSA) is 118 Å². The summed E-state index contributed by atoms with van der Waals surface area (Å²) in [5, 5.41) is 7.85. The number of anilines is 1. The maximum absolute atomic E-state index is 11.1. The van der Waals surface area contributed by atoms with Crippen molar-refractivity contribution < 1.29 is 28.9 Å². The second kappa shape index (κ2) is 7.36. The Hall–Kier alpha value is -0.680. The van der Waals surface area contributed by atoms with Gasteiger partial charge >= 0.3 is 7.60 Å². The highest BCUT2D eigenvalue weighted by molar-refractivity contribution is 7.65. The van der Waals surface area contributed by atoms with Gasteiger partial charge in [0.2, 0.25) is 8.03 Å². The first kappa shape index (κ1) is 17.4. The van der Waals surface area contributed by atoms with E-state index in [1.165, 1.54) is 0 Å². The predicted molar refractivity (Wildman–Crippen MR) is 77.4 cm³/mol. The largest absolute Gasteiger partial charge is 0.392 e. The summed E-state index contributed by atoms with van der Waals surface area (Å²) >= 11 is 0. The predicted octanol–water partition coefficient (Wildman–Crippen LogP) is 0.845. The highest BCUT2D eigenvalue weighted by Gasteiger charge is 2.39. The van der Waals surface area contributed by atoms with Crippen molar-refractivity contribution in [2.24, 2.45) is 0 Å². The molecule has 9 heteroatoms. The highest BCUT2D eigenvalue weighted by atomic mass is 31.2. The van der Waals surface area contributed by atoms with Crippen LogP contribution in [0.25, 0.3) is 0 Å². The summed E-state index contributed by atoms with van der Waals surface area (Å²) in [6.07, 6.45) is -1.55. The fourth-order valence-electron chi connectivity index (χ4n) is 1.83. The van der Waals surface area contributed by atoms with Crippen molar-refractivity contribution >= 4 is 21.3 Å². The minimum absolute atomic E-state index is 0.0157. The number of aliphatic hydroxyl groups is 1. The highest BCUT2D eigenvalue weighted by Crippen LogP contribution is 2.53. The standard InChI is InChI=1S/C11H19NO6P2/c1-12(9-5-3-2-4-6-9)8-7-10(13)11(19(14)15)20(16,17)18/h2-6,10-11,13,19H,7-8H2,1H3,(H,14,15)(H2,16,17,18). The maximum Gasteiger partial charge on any atom is 0.340 e. The number of para-hydroxylation sites is 1. The van der Waals surface area contributed by atoms with Crippen LogP contribution >= 0.6 is 15.6 Å². The average molecular weight is 323 g/mol. The Bertz CT molecular complexity index is 491. The van der Waals surface area contributed by atoms with E-state index in [1.54, 1.807) is 11.9 Å². The van der Waals surface area contributed by atoms with Gasteiger partial charge < -0.3 is 24.7 Å². The van der Waals surface area contributed by atoms with Crippen molar-refractivity contribution in [1.82, 2.24) is 0 Å². The van der Waals surface area contributed by atoms with Gasteiger partial charge in [0.25, 0.3) is 0 Å². The molecule has 0 fully saturated rings. The van der Waals surface area contributed by atoms with Crippen molar-refractivity contribution in [2.45, 2.75) is 17.9 Å². The molecule has 0 bridgehead atoms. The van der Waals surface area contributed by atoms with Crippen molar-refractivity contribution in [3.8, 4) is 0 Å². The molecule has 0 aliphatic heterocycles. The third kappa shape index (κ3) is 5.02. The lowest BCUT2D eigenvalue weighted by Gasteiger charge is -2.25. The van der Waals surface area contributed by atoms with Gasteiger partial charge in [0.15, 0.2) is 5.40 Å². The summed E-state index contributed by atoms with van der Waals surface area (Å²) in [5.74, 6) is 0. The molecule has 0 spiro atoms. The number of hydrogen-bond acceptors (Lipinski definition) is 4. The molecule has 4 N–H and O–H groups in total. The first-order valence-corrected chi connectivity index (χ1v) is 9.07. The van der Waals surface area contributed by atoms with Gasteiger partial charge in [0.1, 0.15) is 0 Å². The lowest BCUT2D eigenvalue weighted by Crippen LogP contribution is -2.29. The Morgan fingerprint density at radius 2 is 1.85 bits per heavy atom. The molecule has 7 nitrogen and oxygen atoms in total. The van der Waals surface area contributed by atoms with Gasteiger partial charge in [-0.3, -0.25) is 9.13 Å². The van der Waals surface area contributed by atoms with E-state index >= 15 is 0 Å². The number of nitrogens with zero attached hydrogens (tertiary/aromatic N) is 1. The average Bonchev–Trinajstić information content (AvgIpc) is 2.34. The Labute approximate surface area is 117 Å². The molecule has 3 unspecified atom stereocenters. The molecule has 0 amide bonds. The van der Waals surface area contributed by atoms with Crippen LogP contribution in [0.2, 0.25) is 0 Å². The molecular weight excluding hydrogens is 304 g/mol. The Kier molecular flexibility index (Phi) is 6.40. The molecule has 0 aromatic heterocycles. The van der Waals surface area contributed by atoms with Gasteiger partial charge in [-0.2, -0.15) is 0 Å². The zero-order valence-corrected chi connectivity index (χ0v) is 12.8. The summed E-state index contributed by atoms with van der Waals surface area (Å²) in [7, 11) is -6.57. The normalized spacial score (nSPS) is 16.4. The zero-order chi connectivity index (χ0) is 15.3. The van der Waals surface area contributed by atoms with Crippen LogP contribution in [0.4, 0.5) is 5.69 Å². The third-order valence-corrected chi connectivity index (χ3v) is 6.57. The monoisotopic (exact) mass is 323 g/mol. The lowest BCUT2D eigenvalue weighted by atomic mass is 10.2. The molecule has 1 rings (SSSR count). The van der Waals surface area contributed by atoms with E-state index in [0.717, 1.165) is 5.69 Å². The summed E-state index contributed by atoms with van der Waals surface area (Å²) in [5.41, 5.74) is 0.879. The molecule has 114 valence electrons. The van der Waals surface area contributed by atoms with Crippen LogP contribution in [-0.4, -0.2) is 44.9 Å². The number of hydrogen-bond donors (Lipinski definition) is 4. The van der Waals surface area contributed by atoms with Crippen LogP contribution < -0.4 is 4.90 Å². The molecule has 0 aliphatic rings. The van der Waals surface area contributed by atoms with Crippen molar-refractivity contribution in [1.29, 1.82) is 0 Å². The maximum atomic E-state index is 11.1. The van der Waals surface area contributed by atoms with Crippen LogP contribution in [0, 0.1) is 0 Å². The van der Waals surface area contributed by atoms with E-state index in [1.807, 2.05) is 30.3 Å². The number of benzene rings is 1. The Balaban J connectivity index is 2.64. The van der Waals surface area contributed by atoms with Crippen LogP contribution in [0.5, 0.6) is 0 Å². The molecule has 0 heterocycles. The van der Waals surface area contributed by atoms with Gasteiger partial charge in [0.05, 0.1) is 6.10 Å². The molecule has 20 heavy (non-hydrogen) atoms. The molecule has 1 aromatic rings. The molecule has 0 saturated heterocycles. The van der Waals surface area contributed by atoms with Crippen LogP contribution in [0.15, 0.2) is 30.3 Å². The van der Waals surface area contributed by atoms with Gasteiger partial charge in [-0.1, -0.05) is 18.2 Å². The number of aliphatic hydroxyl groups excluding tert-OH is 1. The first-order valence-electron chi connectivity index (χ1n) is 5.95. The molecule has 0 radical (unpaired) electrons. The van der Waals surface area contributed by atoms with E-state index in [0.29, 0.717) is 6.54 Å². The van der Waals surface area contributed by atoms with Crippen LogP contribution in [-0.2, 0) is 9.13 Å². The molecule has 0 aliphatic carbocycles. The summed E-state index contributed by atoms with van der Waals surface area (Å²) in [6, 6.07) is 9.23. The molecular formula is C11H19NO6P2. The van der Waals surface area contributed by atoms with E-state index < -0.39 is 27.1 Å². The van der Waals surface area contributed by atoms with E-state index in [9.17, 15) is 14.2 Å². The fourth-order valence-corrected chi connectivity index (χ4v) is 4.07. The second-order valence-corrected chi connectivity index (χ2v) is 8.00. The van der Waals surface area contributed by atoms with Crippen molar-refractivity contribution in [3.05, 3.63) is 30.3 Å². The molecule has 1 aromatic carbocycles. The minimum atomic E-state index is -4.81. The van der Waals surface area contributed by atoms with E-state index in [2.05, 4.69) is 0 Å². The van der Waals surface area contributed by atoms with Crippen molar-refractivity contribution in [2.75, 3.05) is 18.5 Å². The van der Waals surface area contributed by atoms with Crippen LogP contribution in [0.3, 0.4) is 0 Å². The molecule has 3 atom stereocenters. The van der Waals surface area contributed by atoms with Gasteiger partial charge in [-0.15, -0.1) is 0 Å². The van der Waals surface area contributed by atoms with Gasteiger partial charge in [-0.25, -0.2) is 0 Å². The number of rotatable bonds is 7. The smallest absolute Gasteiger partial charge is 0.340 e. The van der Waals surface area contributed by atoms with Gasteiger partial charge in [-0.05, 0) is 18.6 Å². The Morgan fingerprint density at radius 1 is 1.30 bits per heavy atom. The van der Waals surface area contributed by atoms with Gasteiger partial charge in [0, 0.05) is 19.3 Å². The SMILES string of the molecule is CN(CCC(O)C([PH](=O)O)P(=O)(O)O)c1ccccc1. The first-order chi connectivity index (χ1) is 9.23.